The maximum atomic E-state index is 11.8. The second-order valence-electron chi connectivity index (χ2n) is 4.37. The normalized spacial score (nSPS) is 10.8. The van der Waals surface area contributed by atoms with Gasteiger partial charge in [-0.2, -0.15) is 0 Å². The number of aryl methyl sites for hydroxylation is 1. The predicted molar refractivity (Wildman–Crippen MR) is 85.3 cm³/mol. The molecule has 0 bridgehead atoms. The molecule has 0 heterocycles. The topological polar surface area (TPSA) is 29.1 Å². The lowest BCUT2D eigenvalue weighted by molar-refractivity contribution is -0.111. The van der Waals surface area contributed by atoms with Crippen molar-refractivity contribution >= 4 is 40.9 Å². The van der Waals surface area contributed by atoms with Crippen LogP contribution in [-0.2, 0) is 4.79 Å². The molecule has 2 aromatic carbocycles. The summed E-state index contributed by atoms with van der Waals surface area (Å²) in [6, 6.07) is 12.8. The van der Waals surface area contributed by atoms with Crippen LogP contribution in [0.25, 0.3) is 6.08 Å². The molecule has 20 heavy (non-hydrogen) atoms. The molecule has 2 aromatic rings. The quantitative estimate of drug-likeness (QED) is 0.798. The molecule has 0 radical (unpaired) electrons. The van der Waals surface area contributed by atoms with Gasteiger partial charge in [0, 0.05) is 11.8 Å². The molecule has 0 aliphatic rings. The number of amides is 1. The second-order valence-corrected chi connectivity index (χ2v) is 5.18. The number of rotatable bonds is 3. The number of carbonyl (C=O) groups excluding carboxylic acids is 1. The summed E-state index contributed by atoms with van der Waals surface area (Å²) in [6.45, 7) is 1.97. The number of anilines is 1. The molecular formula is C16H13Cl2NO. The summed E-state index contributed by atoms with van der Waals surface area (Å²) >= 11 is 11.7. The minimum atomic E-state index is -0.193. The minimum Gasteiger partial charge on any atom is -0.323 e. The Hall–Kier alpha value is -1.77. The largest absolute Gasteiger partial charge is 0.323 e. The van der Waals surface area contributed by atoms with E-state index in [1.807, 2.05) is 31.2 Å². The van der Waals surface area contributed by atoms with Crippen molar-refractivity contribution in [1.82, 2.24) is 0 Å². The average Bonchev–Trinajstić information content (AvgIpc) is 2.40. The van der Waals surface area contributed by atoms with Gasteiger partial charge in [-0.25, -0.2) is 0 Å². The van der Waals surface area contributed by atoms with Crippen molar-refractivity contribution in [2.24, 2.45) is 0 Å². The Morgan fingerprint density at radius 2 is 1.90 bits per heavy atom. The first-order valence-electron chi connectivity index (χ1n) is 6.05. The summed E-state index contributed by atoms with van der Waals surface area (Å²) in [6.07, 6.45) is 3.15. The van der Waals surface area contributed by atoms with E-state index in [9.17, 15) is 4.79 Å². The lowest BCUT2D eigenvalue weighted by atomic mass is 10.2. The number of carbonyl (C=O) groups is 1. The van der Waals surface area contributed by atoms with E-state index in [1.165, 1.54) is 6.08 Å². The fourth-order valence-electron chi connectivity index (χ4n) is 1.69. The van der Waals surface area contributed by atoms with E-state index in [0.29, 0.717) is 10.0 Å². The Kier molecular flexibility index (Phi) is 4.83. The molecule has 0 aliphatic heterocycles. The van der Waals surface area contributed by atoms with E-state index < -0.39 is 0 Å². The first-order chi connectivity index (χ1) is 9.54. The number of halogens is 2. The van der Waals surface area contributed by atoms with E-state index in [4.69, 9.17) is 23.2 Å². The van der Waals surface area contributed by atoms with Crippen molar-refractivity contribution in [1.29, 1.82) is 0 Å². The zero-order valence-electron chi connectivity index (χ0n) is 10.9. The van der Waals surface area contributed by atoms with Gasteiger partial charge in [-0.1, -0.05) is 41.4 Å². The molecule has 0 fully saturated rings. The van der Waals surface area contributed by atoms with E-state index in [2.05, 4.69) is 5.32 Å². The summed E-state index contributed by atoms with van der Waals surface area (Å²) in [5, 5.41) is 3.75. The van der Waals surface area contributed by atoms with Crippen LogP contribution in [-0.4, -0.2) is 5.91 Å². The molecule has 2 rings (SSSR count). The van der Waals surface area contributed by atoms with Crippen LogP contribution in [0.2, 0.25) is 10.0 Å². The molecule has 0 aromatic heterocycles. The number of hydrogen-bond donors (Lipinski definition) is 1. The number of nitrogens with one attached hydrogen (secondary N) is 1. The van der Waals surface area contributed by atoms with Crippen molar-refractivity contribution in [3.63, 3.8) is 0 Å². The first-order valence-corrected chi connectivity index (χ1v) is 6.81. The molecule has 0 aliphatic carbocycles. The van der Waals surface area contributed by atoms with Gasteiger partial charge in [-0.15, -0.1) is 0 Å². The van der Waals surface area contributed by atoms with E-state index in [0.717, 1.165) is 16.8 Å². The van der Waals surface area contributed by atoms with Crippen molar-refractivity contribution in [3.05, 3.63) is 69.7 Å². The van der Waals surface area contributed by atoms with Gasteiger partial charge in [-0.3, -0.25) is 4.79 Å². The maximum absolute atomic E-state index is 11.8. The summed E-state index contributed by atoms with van der Waals surface area (Å²) in [4.78, 5) is 11.8. The molecular weight excluding hydrogens is 293 g/mol. The van der Waals surface area contributed by atoms with Gasteiger partial charge in [0.1, 0.15) is 0 Å². The highest BCUT2D eigenvalue weighted by atomic mass is 35.5. The summed E-state index contributed by atoms with van der Waals surface area (Å²) in [7, 11) is 0. The van der Waals surface area contributed by atoms with E-state index in [-0.39, 0.29) is 5.91 Å². The molecule has 0 saturated carbocycles. The Balaban J connectivity index is 2.03. The highest BCUT2D eigenvalue weighted by molar-refractivity contribution is 6.42. The SMILES string of the molecule is Cc1cccc(NC(=O)/C=C/c2ccc(Cl)c(Cl)c2)c1. The van der Waals surface area contributed by atoms with Crippen LogP contribution >= 0.6 is 23.2 Å². The summed E-state index contributed by atoms with van der Waals surface area (Å²) in [5.41, 5.74) is 2.68. The minimum absolute atomic E-state index is 0.193. The molecule has 0 atom stereocenters. The molecule has 2 nitrogen and oxygen atoms in total. The van der Waals surface area contributed by atoms with Crippen molar-refractivity contribution in [2.45, 2.75) is 6.92 Å². The monoisotopic (exact) mass is 305 g/mol. The van der Waals surface area contributed by atoms with Crippen LogP contribution in [0, 0.1) is 6.92 Å². The van der Waals surface area contributed by atoms with Crippen LogP contribution < -0.4 is 5.32 Å². The third-order valence-corrected chi connectivity index (χ3v) is 3.40. The second kappa shape index (κ2) is 6.60. The Morgan fingerprint density at radius 3 is 2.60 bits per heavy atom. The molecule has 102 valence electrons. The van der Waals surface area contributed by atoms with E-state index >= 15 is 0 Å². The van der Waals surface area contributed by atoms with Gasteiger partial charge in [0.05, 0.1) is 10.0 Å². The third-order valence-electron chi connectivity index (χ3n) is 2.66. The predicted octanol–water partition coefficient (Wildman–Crippen LogP) is 4.95. The lowest BCUT2D eigenvalue weighted by Crippen LogP contribution is -2.07. The lowest BCUT2D eigenvalue weighted by Gasteiger charge is -2.03. The molecule has 1 amide bonds. The van der Waals surface area contributed by atoms with Crippen LogP contribution in [0.4, 0.5) is 5.69 Å². The van der Waals surface area contributed by atoms with Crippen LogP contribution in [0.3, 0.4) is 0 Å². The van der Waals surface area contributed by atoms with Gasteiger partial charge >= 0.3 is 0 Å². The molecule has 0 saturated heterocycles. The van der Waals surface area contributed by atoms with Gasteiger partial charge in [0.2, 0.25) is 5.91 Å². The Morgan fingerprint density at radius 1 is 1.10 bits per heavy atom. The summed E-state index contributed by atoms with van der Waals surface area (Å²) < 4.78 is 0. The van der Waals surface area contributed by atoms with Gasteiger partial charge in [0.25, 0.3) is 0 Å². The smallest absolute Gasteiger partial charge is 0.248 e. The van der Waals surface area contributed by atoms with Crippen molar-refractivity contribution in [3.8, 4) is 0 Å². The van der Waals surface area contributed by atoms with Gasteiger partial charge in [-0.05, 0) is 48.4 Å². The molecule has 1 N–H and O–H groups in total. The van der Waals surface area contributed by atoms with Crippen LogP contribution in [0.5, 0.6) is 0 Å². The van der Waals surface area contributed by atoms with Gasteiger partial charge in [0.15, 0.2) is 0 Å². The first kappa shape index (κ1) is 14.6. The zero-order valence-corrected chi connectivity index (χ0v) is 12.4. The molecule has 0 spiro atoms. The van der Waals surface area contributed by atoms with Crippen molar-refractivity contribution < 1.29 is 4.79 Å². The summed E-state index contributed by atoms with van der Waals surface area (Å²) in [5.74, 6) is -0.193. The zero-order chi connectivity index (χ0) is 14.5. The molecule has 4 heteroatoms. The van der Waals surface area contributed by atoms with E-state index in [1.54, 1.807) is 24.3 Å². The van der Waals surface area contributed by atoms with Gasteiger partial charge < -0.3 is 5.32 Å². The van der Waals surface area contributed by atoms with Crippen molar-refractivity contribution in [2.75, 3.05) is 5.32 Å². The standard InChI is InChI=1S/C16H13Cl2NO/c1-11-3-2-4-13(9-11)19-16(20)8-6-12-5-7-14(17)15(18)10-12/h2-10H,1H3,(H,19,20)/b8-6+. The Bertz CT molecular complexity index is 665. The fourth-order valence-corrected chi connectivity index (χ4v) is 2.00. The highest BCUT2D eigenvalue weighted by Crippen LogP contribution is 2.23. The van der Waals surface area contributed by atoms with Crippen LogP contribution in [0.15, 0.2) is 48.5 Å². The highest BCUT2D eigenvalue weighted by Gasteiger charge is 1.99. The Labute approximate surface area is 128 Å². The fraction of sp³-hybridized carbons (Fsp3) is 0.0625. The van der Waals surface area contributed by atoms with Crippen LogP contribution in [0.1, 0.15) is 11.1 Å². The maximum Gasteiger partial charge on any atom is 0.248 e. The number of hydrogen-bond acceptors (Lipinski definition) is 1. The number of benzene rings is 2. The average molecular weight is 306 g/mol. The molecule has 0 unspecified atom stereocenters. The third kappa shape index (κ3) is 4.12.